The maximum Gasteiger partial charge on any atom is 0.404 e. The monoisotopic (exact) mass is 688 g/mol. The van der Waals surface area contributed by atoms with E-state index in [1.54, 1.807) is 24.3 Å². The molecule has 2 heterocycles. The number of benzene rings is 2. The summed E-state index contributed by atoms with van der Waals surface area (Å²) in [4.78, 5) is 16.0. The molecule has 2 aliphatic heterocycles. The van der Waals surface area contributed by atoms with Crippen LogP contribution in [0.5, 0.6) is 5.75 Å². The Morgan fingerprint density at radius 3 is 2.42 bits per heavy atom. The molecule has 6 nitrogen and oxygen atoms in total. The van der Waals surface area contributed by atoms with E-state index in [1.807, 2.05) is 11.0 Å². The summed E-state index contributed by atoms with van der Waals surface area (Å²) in [6.45, 7) is 1.38. The third kappa shape index (κ3) is 8.32. The molecule has 0 aromatic heterocycles. The SMILES string of the molecule is COc1cc([C@@H](NC(=O)c2cc(CN3CCSC3=N)cc(C3CC4(CCCCCCCCC4)CNC3C(F)(F)F)c2)C2CC2)ccc1F. The summed E-state index contributed by atoms with van der Waals surface area (Å²) in [7, 11) is 1.40. The van der Waals surface area contributed by atoms with Crippen molar-refractivity contribution in [2.24, 2.45) is 11.3 Å². The van der Waals surface area contributed by atoms with Crippen molar-refractivity contribution in [1.82, 2.24) is 15.5 Å². The maximum atomic E-state index is 14.8. The number of carbonyl (C=O) groups excluding carboxylic acids is 1. The largest absolute Gasteiger partial charge is 0.494 e. The molecule has 262 valence electrons. The number of hydrogen-bond donors (Lipinski definition) is 3. The molecule has 48 heavy (non-hydrogen) atoms. The molecular weight excluding hydrogens is 640 g/mol. The number of nitrogens with zero attached hydrogens (tertiary/aromatic N) is 1. The normalized spacial score (nSPS) is 24.4. The molecule has 1 amide bonds. The fourth-order valence-electron chi connectivity index (χ4n) is 8.14. The predicted molar refractivity (Wildman–Crippen MR) is 182 cm³/mol. The number of rotatable bonds is 8. The minimum Gasteiger partial charge on any atom is -0.494 e. The first kappa shape index (κ1) is 35.1. The molecule has 2 aromatic carbocycles. The second-order valence-electron chi connectivity index (χ2n) is 14.4. The number of piperidine rings is 1. The number of alkyl halides is 3. The summed E-state index contributed by atoms with van der Waals surface area (Å²) in [5.74, 6) is -0.648. The lowest BCUT2D eigenvalue weighted by atomic mass is 9.65. The van der Waals surface area contributed by atoms with Gasteiger partial charge in [-0.15, -0.1) is 0 Å². The van der Waals surface area contributed by atoms with Gasteiger partial charge in [-0.2, -0.15) is 13.2 Å². The molecule has 11 heteroatoms. The first-order valence-corrected chi connectivity index (χ1v) is 18.6. The highest BCUT2D eigenvalue weighted by Crippen LogP contribution is 2.49. The lowest BCUT2D eigenvalue weighted by Gasteiger charge is -2.47. The summed E-state index contributed by atoms with van der Waals surface area (Å²) >= 11 is 1.45. The molecule has 6 rings (SSSR count). The van der Waals surface area contributed by atoms with Crippen LogP contribution in [0.1, 0.15) is 116 Å². The van der Waals surface area contributed by atoms with Crippen molar-refractivity contribution in [2.75, 3.05) is 26.0 Å². The zero-order valence-corrected chi connectivity index (χ0v) is 28.6. The van der Waals surface area contributed by atoms with Gasteiger partial charge in [0.2, 0.25) is 0 Å². The summed E-state index contributed by atoms with van der Waals surface area (Å²) in [5.41, 5.74) is 2.06. The molecule has 2 aromatic rings. The molecular formula is C37H48F4N4O2S. The van der Waals surface area contributed by atoms with Crippen LogP contribution in [0.4, 0.5) is 17.6 Å². The number of halogens is 4. The van der Waals surface area contributed by atoms with Gasteiger partial charge in [-0.1, -0.05) is 68.8 Å². The Labute approximate surface area is 285 Å². The quantitative estimate of drug-likeness (QED) is 0.242. The predicted octanol–water partition coefficient (Wildman–Crippen LogP) is 8.72. The lowest BCUT2D eigenvalue weighted by molar-refractivity contribution is -0.171. The average Bonchev–Trinajstić information content (AvgIpc) is 3.83. The second kappa shape index (κ2) is 15.0. The number of amides is 1. The third-order valence-corrected chi connectivity index (χ3v) is 11.8. The Morgan fingerprint density at radius 2 is 1.79 bits per heavy atom. The van der Waals surface area contributed by atoms with Gasteiger partial charge in [0.05, 0.1) is 13.2 Å². The molecule has 3 N–H and O–H groups in total. The molecule has 3 atom stereocenters. The van der Waals surface area contributed by atoms with E-state index in [0.29, 0.717) is 42.3 Å². The van der Waals surface area contributed by atoms with E-state index < -0.39 is 24.0 Å². The third-order valence-electron chi connectivity index (χ3n) is 10.9. The molecule has 2 aliphatic carbocycles. The number of nitrogens with one attached hydrogen (secondary N) is 3. The van der Waals surface area contributed by atoms with Crippen LogP contribution in [-0.2, 0) is 6.54 Å². The summed E-state index contributed by atoms with van der Waals surface area (Å²) in [6, 6.07) is 7.78. The Morgan fingerprint density at radius 1 is 1.08 bits per heavy atom. The number of ether oxygens (including phenoxy) is 1. The van der Waals surface area contributed by atoms with Gasteiger partial charge in [-0.3, -0.25) is 10.2 Å². The molecule has 0 radical (unpaired) electrons. The molecule has 2 saturated heterocycles. The number of thioether (sulfide) groups is 1. The molecule has 1 spiro atoms. The Bertz CT molecular complexity index is 1460. The van der Waals surface area contributed by atoms with Crippen LogP contribution >= 0.6 is 11.8 Å². The van der Waals surface area contributed by atoms with E-state index >= 15 is 0 Å². The van der Waals surface area contributed by atoms with Crippen molar-refractivity contribution < 1.29 is 27.1 Å². The molecule has 4 aliphatic rings. The van der Waals surface area contributed by atoms with Gasteiger partial charge < -0.3 is 20.3 Å². The fourth-order valence-corrected chi connectivity index (χ4v) is 8.98. The van der Waals surface area contributed by atoms with Gasteiger partial charge in [0.25, 0.3) is 5.91 Å². The first-order valence-electron chi connectivity index (χ1n) is 17.6. The van der Waals surface area contributed by atoms with Crippen molar-refractivity contribution in [1.29, 1.82) is 5.41 Å². The van der Waals surface area contributed by atoms with Gasteiger partial charge in [-0.05, 0) is 84.4 Å². The van der Waals surface area contributed by atoms with Crippen molar-refractivity contribution in [3.63, 3.8) is 0 Å². The van der Waals surface area contributed by atoms with Gasteiger partial charge in [0.15, 0.2) is 16.7 Å². The Kier molecular flexibility index (Phi) is 10.9. The summed E-state index contributed by atoms with van der Waals surface area (Å²) < 4.78 is 63.7. The number of hydrogen-bond acceptors (Lipinski definition) is 5. The Balaban J connectivity index is 1.35. The number of methoxy groups -OCH3 is 1. The van der Waals surface area contributed by atoms with E-state index in [-0.39, 0.29) is 29.0 Å². The van der Waals surface area contributed by atoms with Crippen LogP contribution in [0, 0.1) is 22.6 Å². The van der Waals surface area contributed by atoms with Gasteiger partial charge in [0, 0.05) is 36.9 Å². The van der Waals surface area contributed by atoms with Gasteiger partial charge in [-0.25, -0.2) is 4.39 Å². The van der Waals surface area contributed by atoms with Crippen LogP contribution in [0.15, 0.2) is 36.4 Å². The fraction of sp³-hybridized carbons (Fsp3) is 0.622. The molecule has 0 bridgehead atoms. The topological polar surface area (TPSA) is 77.5 Å². The Hall–Kier alpha value is -2.79. The number of amidine groups is 1. The van der Waals surface area contributed by atoms with E-state index in [2.05, 4.69) is 10.6 Å². The molecule has 2 saturated carbocycles. The zero-order valence-electron chi connectivity index (χ0n) is 27.8. The van der Waals surface area contributed by atoms with Crippen molar-refractivity contribution in [3.05, 3.63) is 64.5 Å². The smallest absolute Gasteiger partial charge is 0.404 e. The van der Waals surface area contributed by atoms with Crippen molar-refractivity contribution in [2.45, 2.75) is 108 Å². The highest BCUT2D eigenvalue weighted by molar-refractivity contribution is 8.14. The van der Waals surface area contributed by atoms with E-state index in [1.165, 1.54) is 44.2 Å². The van der Waals surface area contributed by atoms with Crippen LogP contribution in [0.2, 0.25) is 0 Å². The van der Waals surface area contributed by atoms with E-state index in [0.717, 1.165) is 68.2 Å². The second-order valence-corrected chi connectivity index (χ2v) is 15.5. The molecule has 2 unspecified atom stereocenters. The summed E-state index contributed by atoms with van der Waals surface area (Å²) in [6.07, 6.45) is 7.43. The van der Waals surface area contributed by atoms with Crippen LogP contribution in [0.25, 0.3) is 0 Å². The lowest BCUT2D eigenvalue weighted by Crippen LogP contribution is -2.56. The highest BCUT2D eigenvalue weighted by Gasteiger charge is 2.51. The standard InChI is InChI=1S/C37H48F4N4O2S/c1-47-31-20-26(11-12-30(31)38)32(25-9-10-25)44-34(46)28-18-24(22-45-15-16-48-35(45)42)17-27(19-28)29-21-36(23-43-33(29)37(39,40)41)13-7-5-3-2-4-6-8-14-36/h11-12,17-20,25,29,32-33,42-43H,2-10,13-16,21-23H2,1H3,(H,44,46)/t29?,32-,33?/m0/s1. The minimum atomic E-state index is -4.45. The number of carbonyl (C=O) groups is 1. The van der Waals surface area contributed by atoms with E-state index in [4.69, 9.17) is 10.1 Å². The minimum absolute atomic E-state index is 0.0973. The van der Waals surface area contributed by atoms with Crippen LogP contribution < -0.4 is 15.4 Å². The average molecular weight is 689 g/mol. The van der Waals surface area contributed by atoms with Crippen molar-refractivity contribution in [3.8, 4) is 5.75 Å². The van der Waals surface area contributed by atoms with Crippen molar-refractivity contribution >= 4 is 22.8 Å². The highest BCUT2D eigenvalue weighted by atomic mass is 32.2. The first-order chi connectivity index (χ1) is 23.0. The maximum absolute atomic E-state index is 14.8. The van der Waals surface area contributed by atoms with Gasteiger partial charge >= 0.3 is 6.18 Å². The molecule has 4 fully saturated rings. The zero-order chi connectivity index (χ0) is 33.9. The van der Waals surface area contributed by atoms with Crippen LogP contribution in [0.3, 0.4) is 0 Å². The summed E-state index contributed by atoms with van der Waals surface area (Å²) in [5, 5.41) is 14.9. The van der Waals surface area contributed by atoms with E-state index in [9.17, 15) is 22.4 Å². The van der Waals surface area contributed by atoms with Gasteiger partial charge in [0.1, 0.15) is 6.04 Å². The van der Waals surface area contributed by atoms with Crippen LogP contribution in [-0.4, -0.2) is 54.1 Å².